The first-order chi connectivity index (χ1) is 14.1. The highest BCUT2D eigenvalue weighted by molar-refractivity contribution is 5.50. The maximum Gasteiger partial charge on any atom is 0.161 e. The number of phenolic OH excluding ortho intramolecular Hbond substituents is 2. The highest BCUT2D eigenvalue weighted by atomic mass is 16.3. The summed E-state index contributed by atoms with van der Waals surface area (Å²) in [4.78, 5) is 0. The quantitative estimate of drug-likeness (QED) is 0.274. The summed E-state index contributed by atoms with van der Waals surface area (Å²) < 4.78 is 0. The van der Waals surface area contributed by atoms with Gasteiger partial charge in [-0.15, -0.1) is 0 Å². The average molecular weight is 399 g/mol. The van der Waals surface area contributed by atoms with Crippen molar-refractivity contribution in [1.29, 1.82) is 0 Å². The van der Waals surface area contributed by atoms with Crippen molar-refractivity contribution in [3.8, 4) is 11.5 Å². The zero-order valence-electron chi connectivity index (χ0n) is 18.1. The molecular weight excluding hydrogens is 360 g/mol. The topological polar surface area (TPSA) is 64.5 Å². The number of hydrogen-bond donors (Lipinski definition) is 4. The van der Waals surface area contributed by atoms with Crippen LogP contribution in [0.2, 0.25) is 0 Å². The van der Waals surface area contributed by atoms with Gasteiger partial charge in [0.25, 0.3) is 0 Å². The molecule has 0 aromatic heterocycles. The van der Waals surface area contributed by atoms with Crippen LogP contribution in [0.15, 0.2) is 42.5 Å². The molecule has 0 aliphatic rings. The van der Waals surface area contributed by atoms with Crippen LogP contribution in [-0.4, -0.2) is 36.4 Å². The van der Waals surface area contributed by atoms with Crippen LogP contribution in [0.3, 0.4) is 0 Å². The van der Waals surface area contributed by atoms with E-state index < -0.39 is 0 Å². The molecule has 0 bridgehead atoms. The lowest BCUT2D eigenvalue weighted by molar-refractivity contribution is 0.396. The van der Waals surface area contributed by atoms with Crippen molar-refractivity contribution in [2.24, 2.45) is 0 Å². The smallest absolute Gasteiger partial charge is 0.161 e. The van der Waals surface area contributed by atoms with Gasteiger partial charge in [-0.2, -0.15) is 0 Å². The van der Waals surface area contributed by atoms with Crippen LogP contribution in [0, 0.1) is 0 Å². The summed E-state index contributed by atoms with van der Waals surface area (Å²) in [6, 6.07) is 14.1. The molecule has 160 valence electrons. The van der Waals surface area contributed by atoms with Gasteiger partial charge in [-0.1, -0.05) is 63.1 Å². The third kappa shape index (κ3) is 8.46. The number of hydrogen-bond acceptors (Lipinski definition) is 4. The number of nitrogens with one attached hydrogen (secondary N) is 2. The van der Waals surface area contributed by atoms with Crippen molar-refractivity contribution in [3.63, 3.8) is 0 Å². The molecule has 0 atom stereocenters. The van der Waals surface area contributed by atoms with E-state index in [0.717, 1.165) is 50.1 Å². The van der Waals surface area contributed by atoms with E-state index in [0.29, 0.717) is 0 Å². The minimum Gasteiger partial charge on any atom is -0.504 e. The fraction of sp³-hybridized carbons (Fsp3) is 0.520. The lowest BCUT2D eigenvalue weighted by atomic mass is 9.94. The Morgan fingerprint density at radius 2 is 1.34 bits per heavy atom. The van der Waals surface area contributed by atoms with E-state index in [2.05, 4.69) is 41.0 Å². The number of aromatic hydroxyl groups is 2. The molecular formula is C25H38N2O2. The maximum atomic E-state index is 10.1. The Bertz CT molecular complexity index is 701. The van der Waals surface area contributed by atoms with Gasteiger partial charge in [0.2, 0.25) is 0 Å². The van der Waals surface area contributed by atoms with Gasteiger partial charge in [0, 0.05) is 5.56 Å². The van der Waals surface area contributed by atoms with E-state index in [4.69, 9.17) is 0 Å². The van der Waals surface area contributed by atoms with Crippen LogP contribution < -0.4 is 10.6 Å². The third-order valence-electron chi connectivity index (χ3n) is 5.32. The van der Waals surface area contributed by atoms with Crippen molar-refractivity contribution in [3.05, 3.63) is 59.2 Å². The monoisotopic (exact) mass is 398 g/mol. The second-order valence-electron chi connectivity index (χ2n) is 8.06. The van der Waals surface area contributed by atoms with Crippen molar-refractivity contribution >= 4 is 0 Å². The largest absolute Gasteiger partial charge is 0.504 e. The minimum absolute atomic E-state index is 0.0278. The lowest BCUT2D eigenvalue weighted by Crippen LogP contribution is -2.20. The molecule has 0 radical (unpaired) electrons. The number of benzene rings is 2. The third-order valence-corrected chi connectivity index (χ3v) is 5.32. The molecule has 0 heterocycles. The van der Waals surface area contributed by atoms with Crippen LogP contribution >= 0.6 is 0 Å². The molecule has 2 aromatic carbocycles. The molecule has 2 aromatic rings. The zero-order valence-corrected chi connectivity index (χ0v) is 18.1. The number of phenols is 2. The zero-order chi connectivity index (χ0) is 20.9. The van der Waals surface area contributed by atoms with E-state index in [1.54, 1.807) is 6.07 Å². The first-order valence-corrected chi connectivity index (χ1v) is 11.1. The molecule has 29 heavy (non-hydrogen) atoms. The second-order valence-corrected chi connectivity index (χ2v) is 8.06. The molecule has 0 amide bonds. The fourth-order valence-corrected chi connectivity index (χ4v) is 3.70. The van der Waals surface area contributed by atoms with Gasteiger partial charge in [0.1, 0.15) is 0 Å². The molecule has 0 saturated heterocycles. The van der Waals surface area contributed by atoms with E-state index >= 15 is 0 Å². The molecule has 0 spiro atoms. The van der Waals surface area contributed by atoms with Crippen LogP contribution in [0.4, 0.5) is 0 Å². The van der Waals surface area contributed by atoms with E-state index in [1.807, 2.05) is 19.9 Å². The van der Waals surface area contributed by atoms with Gasteiger partial charge in [0.05, 0.1) is 0 Å². The van der Waals surface area contributed by atoms with Crippen LogP contribution in [0.1, 0.15) is 62.1 Å². The Hall–Kier alpha value is -2.04. The summed E-state index contributed by atoms with van der Waals surface area (Å²) in [6.45, 7) is 8.16. The van der Waals surface area contributed by atoms with Gasteiger partial charge in [-0.25, -0.2) is 0 Å². The molecule has 2 rings (SSSR count). The van der Waals surface area contributed by atoms with Gasteiger partial charge >= 0.3 is 0 Å². The SMILES string of the molecule is CC(C)c1c(CCNCCCCCCNCCc2ccccc2)ccc(O)c1O. The van der Waals surface area contributed by atoms with Crippen LogP contribution in [-0.2, 0) is 12.8 Å². The average Bonchev–Trinajstić information content (AvgIpc) is 2.71. The van der Waals surface area contributed by atoms with Gasteiger partial charge in [-0.3, -0.25) is 0 Å². The van der Waals surface area contributed by atoms with Crippen molar-refractivity contribution < 1.29 is 10.2 Å². The Morgan fingerprint density at radius 3 is 1.97 bits per heavy atom. The number of unbranched alkanes of at least 4 members (excludes halogenated alkanes) is 3. The van der Waals surface area contributed by atoms with E-state index in [-0.39, 0.29) is 17.4 Å². The summed E-state index contributed by atoms with van der Waals surface area (Å²) in [7, 11) is 0. The first kappa shape index (κ1) is 23.2. The van der Waals surface area contributed by atoms with Crippen molar-refractivity contribution in [2.75, 3.05) is 26.2 Å². The molecule has 0 aliphatic carbocycles. The standard InChI is InChI=1S/C25H38N2O2/c1-20(2)24-22(12-13-23(28)25(24)29)15-19-27-17-9-4-3-8-16-26-18-14-21-10-6-5-7-11-21/h5-7,10-13,20,26-29H,3-4,8-9,14-19H2,1-2H3. The summed E-state index contributed by atoms with van der Waals surface area (Å²) in [6.07, 6.45) is 6.92. The first-order valence-electron chi connectivity index (χ1n) is 11.1. The van der Waals surface area contributed by atoms with Crippen molar-refractivity contribution in [1.82, 2.24) is 10.6 Å². The Balaban J connectivity index is 1.47. The van der Waals surface area contributed by atoms with Crippen molar-refractivity contribution in [2.45, 2.75) is 58.3 Å². The molecule has 4 N–H and O–H groups in total. The highest BCUT2D eigenvalue weighted by Gasteiger charge is 2.14. The Morgan fingerprint density at radius 1 is 0.724 bits per heavy atom. The predicted octanol–water partition coefficient (Wildman–Crippen LogP) is 4.75. The summed E-state index contributed by atoms with van der Waals surface area (Å²) in [5.41, 5.74) is 3.38. The summed E-state index contributed by atoms with van der Waals surface area (Å²) >= 11 is 0. The molecule has 4 nitrogen and oxygen atoms in total. The summed E-state index contributed by atoms with van der Waals surface area (Å²) in [5, 5.41) is 26.9. The fourth-order valence-electron chi connectivity index (χ4n) is 3.70. The maximum absolute atomic E-state index is 10.1. The molecule has 4 heteroatoms. The predicted molar refractivity (Wildman–Crippen MR) is 122 cm³/mol. The molecule has 0 unspecified atom stereocenters. The molecule has 0 fully saturated rings. The van der Waals surface area contributed by atoms with Gasteiger partial charge < -0.3 is 20.8 Å². The summed E-state index contributed by atoms with van der Waals surface area (Å²) in [5.74, 6) is 0.202. The van der Waals surface area contributed by atoms with E-state index in [1.165, 1.54) is 31.2 Å². The van der Waals surface area contributed by atoms with Crippen LogP contribution in [0.25, 0.3) is 0 Å². The lowest BCUT2D eigenvalue weighted by Gasteiger charge is -2.16. The molecule has 0 aliphatic heterocycles. The Labute approximate surface area is 176 Å². The normalized spacial score (nSPS) is 11.3. The molecule has 0 saturated carbocycles. The van der Waals surface area contributed by atoms with Crippen LogP contribution in [0.5, 0.6) is 11.5 Å². The minimum atomic E-state index is -0.0278. The highest BCUT2D eigenvalue weighted by Crippen LogP contribution is 2.36. The Kier molecular flexibility index (Phi) is 10.6. The van der Waals surface area contributed by atoms with Gasteiger partial charge in [-0.05, 0) is 75.0 Å². The van der Waals surface area contributed by atoms with E-state index in [9.17, 15) is 10.2 Å². The number of rotatable bonds is 14. The second kappa shape index (κ2) is 13.2. The van der Waals surface area contributed by atoms with Gasteiger partial charge in [0.15, 0.2) is 11.5 Å².